The molecular formula is C33H40N4O6S2. The van der Waals surface area contributed by atoms with Crippen LogP contribution in [0, 0.1) is 6.92 Å². The average Bonchev–Trinajstić information content (AvgIpc) is 3.72. The van der Waals surface area contributed by atoms with Gasteiger partial charge in [-0.1, -0.05) is 30.3 Å². The smallest absolute Gasteiger partial charge is 0.251 e. The van der Waals surface area contributed by atoms with Crippen LogP contribution >= 0.6 is 11.3 Å². The minimum atomic E-state index is -3.70. The van der Waals surface area contributed by atoms with Gasteiger partial charge in [0.25, 0.3) is 11.8 Å². The van der Waals surface area contributed by atoms with Gasteiger partial charge in [0.05, 0.1) is 41.9 Å². The third kappa shape index (κ3) is 9.51. The van der Waals surface area contributed by atoms with Crippen molar-refractivity contribution < 1.29 is 27.5 Å². The van der Waals surface area contributed by atoms with Gasteiger partial charge in [-0.3, -0.25) is 14.3 Å². The number of hydrogen-bond donors (Lipinski definition) is 5. The van der Waals surface area contributed by atoms with Gasteiger partial charge in [0.15, 0.2) is 0 Å². The lowest BCUT2D eigenvalue weighted by molar-refractivity contribution is 0.0824. The second-order valence-corrected chi connectivity index (χ2v) is 13.9. The number of aryl methyl sites for hydroxylation is 1. The fraction of sp³-hybridized carbons (Fsp3) is 0.333. The highest BCUT2D eigenvalue weighted by atomic mass is 32.2. The number of nitrogens with one attached hydrogen (secondary N) is 4. The number of carbonyl (C=O) groups excluding carboxylic acids is 2. The molecule has 2 amide bonds. The summed E-state index contributed by atoms with van der Waals surface area (Å²) in [6.45, 7) is 7.39. The van der Waals surface area contributed by atoms with E-state index in [1.165, 1.54) is 36.5 Å². The van der Waals surface area contributed by atoms with Crippen LogP contribution in [0.3, 0.4) is 0 Å². The Morgan fingerprint density at radius 2 is 1.62 bits per heavy atom. The lowest BCUT2D eigenvalue weighted by Crippen LogP contribution is -2.49. The van der Waals surface area contributed by atoms with Gasteiger partial charge in [-0.25, -0.2) is 8.42 Å². The van der Waals surface area contributed by atoms with E-state index in [0.29, 0.717) is 12.2 Å². The maximum Gasteiger partial charge on any atom is 0.251 e. The number of benzene rings is 2. The molecule has 12 heteroatoms. The Hall–Kier alpha value is -3.97. The highest BCUT2D eigenvalue weighted by Gasteiger charge is 2.25. The van der Waals surface area contributed by atoms with Crippen LogP contribution in [0.1, 0.15) is 75.3 Å². The van der Waals surface area contributed by atoms with E-state index < -0.39 is 34.0 Å². The van der Waals surface area contributed by atoms with Crippen LogP contribution in [0.2, 0.25) is 0 Å². The van der Waals surface area contributed by atoms with E-state index in [0.717, 1.165) is 16.0 Å². The molecule has 4 atom stereocenters. The van der Waals surface area contributed by atoms with E-state index in [-0.39, 0.29) is 41.2 Å². The van der Waals surface area contributed by atoms with Crippen molar-refractivity contribution in [2.24, 2.45) is 0 Å². The van der Waals surface area contributed by atoms with E-state index in [9.17, 15) is 23.1 Å². The van der Waals surface area contributed by atoms with Crippen molar-refractivity contribution in [2.75, 3.05) is 17.0 Å². The molecule has 0 fully saturated rings. The predicted octanol–water partition coefficient (Wildman–Crippen LogP) is 4.95. The molecule has 0 saturated carbocycles. The summed E-state index contributed by atoms with van der Waals surface area (Å²) in [5.74, 6) is -0.498. The summed E-state index contributed by atoms with van der Waals surface area (Å²) in [5, 5.41) is 22.3. The zero-order valence-electron chi connectivity index (χ0n) is 25.7. The van der Waals surface area contributed by atoms with Gasteiger partial charge >= 0.3 is 0 Å². The number of carbonyl (C=O) groups is 2. The number of furan rings is 1. The molecule has 2 unspecified atom stereocenters. The van der Waals surface area contributed by atoms with Gasteiger partial charge in [-0.2, -0.15) is 0 Å². The van der Waals surface area contributed by atoms with Crippen molar-refractivity contribution in [1.29, 1.82) is 0 Å². The molecule has 2 aromatic heterocycles. The molecule has 2 aromatic carbocycles. The maximum absolute atomic E-state index is 13.7. The third-order valence-corrected chi connectivity index (χ3v) is 9.94. The zero-order valence-corrected chi connectivity index (χ0v) is 27.4. The molecule has 2 heterocycles. The number of anilines is 1. The molecule has 0 aliphatic heterocycles. The summed E-state index contributed by atoms with van der Waals surface area (Å²) in [7, 11) is -3.70. The van der Waals surface area contributed by atoms with Gasteiger partial charge < -0.3 is 25.5 Å². The first-order valence-corrected chi connectivity index (χ1v) is 17.3. The third-order valence-electron chi connectivity index (χ3n) is 7.44. The van der Waals surface area contributed by atoms with Gasteiger partial charge in [-0.05, 0) is 87.0 Å². The molecule has 240 valence electrons. The van der Waals surface area contributed by atoms with E-state index in [2.05, 4.69) is 20.7 Å². The minimum Gasteiger partial charge on any atom is -0.468 e. The number of sulfonamides is 1. The molecule has 0 radical (unpaired) electrons. The van der Waals surface area contributed by atoms with E-state index in [1.54, 1.807) is 12.3 Å². The SMILES string of the molecule is CCS(=O)(=O)Nc1cc(C(=O)NC(C)c2sccc2C)cc(C(=O)N[C@@H](Cc2ccccc2)[C@H](O)CNC(C)c2ccco2)c1. The summed E-state index contributed by atoms with van der Waals surface area (Å²) in [6, 6.07) is 18.1. The normalized spacial score (nSPS) is 14.2. The molecule has 0 bridgehead atoms. The number of rotatable bonds is 15. The predicted molar refractivity (Wildman–Crippen MR) is 177 cm³/mol. The lowest BCUT2D eigenvalue weighted by atomic mass is 9.99. The van der Waals surface area contributed by atoms with Crippen molar-refractivity contribution in [1.82, 2.24) is 16.0 Å². The Bertz CT molecular complexity index is 1670. The monoisotopic (exact) mass is 652 g/mol. The Labute approximate surface area is 268 Å². The molecular weight excluding hydrogens is 613 g/mol. The summed E-state index contributed by atoms with van der Waals surface area (Å²) in [4.78, 5) is 28.1. The number of thiophene rings is 1. The number of hydrogen-bond acceptors (Lipinski definition) is 8. The quantitative estimate of drug-likeness (QED) is 0.122. The summed E-state index contributed by atoms with van der Waals surface area (Å²) < 4.78 is 32.8. The maximum atomic E-state index is 13.7. The summed E-state index contributed by atoms with van der Waals surface area (Å²) in [6.07, 6.45) is 0.916. The first-order valence-electron chi connectivity index (χ1n) is 14.8. The van der Waals surface area contributed by atoms with Gasteiger partial charge in [0, 0.05) is 22.5 Å². The van der Waals surface area contributed by atoms with Gasteiger partial charge in [-0.15, -0.1) is 11.3 Å². The first-order chi connectivity index (χ1) is 21.5. The van der Waals surface area contributed by atoms with Crippen LogP contribution in [0.5, 0.6) is 0 Å². The topological polar surface area (TPSA) is 150 Å². The fourth-order valence-electron chi connectivity index (χ4n) is 4.86. The fourth-order valence-corrected chi connectivity index (χ4v) is 6.41. The first kappa shape index (κ1) is 33.9. The number of amides is 2. The Balaban J connectivity index is 1.59. The van der Waals surface area contributed by atoms with Crippen molar-refractivity contribution in [3.05, 3.63) is 111 Å². The average molecular weight is 653 g/mol. The van der Waals surface area contributed by atoms with Crippen molar-refractivity contribution >= 4 is 38.9 Å². The number of aliphatic hydroxyl groups excluding tert-OH is 1. The molecule has 5 N–H and O–H groups in total. The standard InChI is InChI=1S/C33H40N4O6S2/c1-5-45(41,42)37-27-18-25(32(39)35-23(4)31-21(2)13-15-44-31)17-26(19-27)33(40)36-28(16-24-10-7-6-8-11-24)29(38)20-34-22(3)30-12-9-14-43-30/h6-15,17-19,22-23,28-29,34,37-38H,5,16,20H2,1-4H3,(H,35,39)(H,36,40)/t22?,23?,28-,29+/m0/s1. The molecule has 0 aliphatic carbocycles. The Kier molecular flexibility index (Phi) is 11.6. The lowest BCUT2D eigenvalue weighted by Gasteiger charge is -2.26. The van der Waals surface area contributed by atoms with Crippen LogP contribution in [0.4, 0.5) is 5.69 Å². The molecule has 0 aliphatic rings. The molecule has 45 heavy (non-hydrogen) atoms. The van der Waals surface area contributed by atoms with E-state index in [4.69, 9.17) is 4.42 Å². The van der Waals surface area contributed by atoms with Crippen LogP contribution < -0.4 is 20.7 Å². The summed E-state index contributed by atoms with van der Waals surface area (Å²) >= 11 is 1.53. The minimum absolute atomic E-state index is 0.0681. The molecule has 10 nitrogen and oxygen atoms in total. The van der Waals surface area contributed by atoms with Crippen molar-refractivity contribution in [3.63, 3.8) is 0 Å². The van der Waals surface area contributed by atoms with E-state index in [1.807, 2.05) is 68.6 Å². The van der Waals surface area contributed by atoms with Crippen LogP contribution in [0.15, 0.2) is 82.8 Å². The van der Waals surface area contributed by atoms with Gasteiger partial charge in [0.1, 0.15) is 5.76 Å². The molecule has 0 saturated heterocycles. The Morgan fingerprint density at radius 3 is 2.22 bits per heavy atom. The van der Waals surface area contributed by atoms with Crippen LogP contribution in [0.25, 0.3) is 0 Å². The second kappa shape index (κ2) is 15.3. The zero-order chi connectivity index (χ0) is 32.6. The largest absolute Gasteiger partial charge is 0.468 e. The van der Waals surface area contributed by atoms with Crippen molar-refractivity contribution in [2.45, 2.75) is 58.3 Å². The number of aliphatic hydroxyl groups is 1. The highest BCUT2D eigenvalue weighted by Crippen LogP contribution is 2.25. The summed E-state index contributed by atoms with van der Waals surface area (Å²) in [5.41, 5.74) is 2.23. The molecule has 4 aromatic rings. The second-order valence-electron chi connectivity index (χ2n) is 10.9. The van der Waals surface area contributed by atoms with Crippen LogP contribution in [-0.4, -0.2) is 49.8 Å². The molecule has 0 spiro atoms. The molecule has 4 rings (SSSR count). The highest BCUT2D eigenvalue weighted by molar-refractivity contribution is 7.92. The van der Waals surface area contributed by atoms with Gasteiger partial charge in [0.2, 0.25) is 10.0 Å². The van der Waals surface area contributed by atoms with Crippen molar-refractivity contribution in [3.8, 4) is 0 Å². The van der Waals surface area contributed by atoms with E-state index >= 15 is 0 Å². The van der Waals surface area contributed by atoms with Crippen LogP contribution in [-0.2, 0) is 16.4 Å². The Morgan fingerprint density at radius 1 is 0.933 bits per heavy atom.